The summed E-state index contributed by atoms with van der Waals surface area (Å²) < 4.78 is 0. The number of amides is 2. The van der Waals surface area contributed by atoms with E-state index in [1.165, 1.54) is 6.07 Å². The van der Waals surface area contributed by atoms with Crippen molar-refractivity contribution in [2.75, 3.05) is 22.1 Å². The summed E-state index contributed by atoms with van der Waals surface area (Å²) in [6, 6.07) is 4.95. The molecule has 0 unspecified atom stereocenters. The molecule has 3 N–H and O–H groups in total. The number of carbonyl (C=O) groups excluding carboxylic acids is 2. The van der Waals surface area contributed by atoms with Gasteiger partial charge in [0.25, 0.3) is 5.56 Å². The predicted octanol–water partition coefficient (Wildman–Crippen LogP) is 3.91. The third-order valence-electron chi connectivity index (χ3n) is 5.81. The van der Waals surface area contributed by atoms with Crippen LogP contribution in [0.4, 0.5) is 17.5 Å². The summed E-state index contributed by atoms with van der Waals surface area (Å²) in [4.78, 5) is 47.7. The third kappa shape index (κ3) is 4.41. The summed E-state index contributed by atoms with van der Waals surface area (Å²) >= 11 is 11.9. The Morgan fingerprint density at radius 2 is 2.06 bits per heavy atom. The van der Waals surface area contributed by atoms with E-state index in [0.717, 1.165) is 32.2 Å². The Morgan fingerprint density at radius 1 is 1.26 bits per heavy atom. The van der Waals surface area contributed by atoms with Crippen LogP contribution < -0.4 is 21.1 Å². The molecule has 2 aromatic rings. The Kier molecular flexibility index (Phi) is 6.20. The van der Waals surface area contributed by atoms with Crippen molar-refractivity contribution in [2.45, 2.75) is 51.0 Å². The minimum Gasteiger partial charge on any atom is -0.339 e. The number of aromatic nitrogens is 2. The average molecular weight is 464 g/mol. The van der Waals surface area contributed by atoms with Crippen molar-refractivity contribution in [1.82, 2.24) is 9.97 Å². The molecule has 2 aliphatic heterocycles. The first-order valence-electron chi connectivity index (χ1n) is 10.3. The van der Waals surface area contributed by atoms with Crippen LogP contribution >= 0.6 is 23.2 Å². The van der Waals surface area contributed by atoms with E-state index in [-0.39, 0.29) is 34.8 Å². The zero-order chi connectivity index (χ0) is 22.1. The van der Waals surface area contributed by atoms with Gasteiger partial charge in [-0.1, -0.05) is 30.1 Å². The van der Waals surface area contributed by atoms with Gasteiger partial charge < -0.3 is 15.5 Å². The topological polar surface area (TPSA) is 107 Å². The first-order chi connectivity index (χ1) is 14.9. The number of hydrogen-bond donors (Lipinski definition) is 3. The van der Waals surface area contributed by atoms with Crippen molar-refractivity contribution in [2.24, 2.45) is 0 Å². The summed E-state index contributed by atoms with van der Waals surface area (Å²) in [6.45, 7) is 2.89. The maximum Gasteiger partial charge on any atom is 0.258 e. The Labute approximate surface area is 189 Å². The second kappa shape index (κ2) is 8.88. The van der Waals surface area contributed by atoms with E-state index < -0.39 is 17.4 Å². The molecule has 8 nitrogen and oxygen atoms in total. The van der Waals surface area contributed by atoms with Crippen LogP contribution in [0.5, 0.6) is 0 Å². The zero-order valence-electron chi connectivity index (χ0n) is 17.0. The van der Waals surface area contributed by atoms with E-state index in [0.29, 0.717) is 16.7 Å². The fraction of sp³-hybridized carbons (Fsp3) is 0.429. The third-order valence-corrected chi connectivity index (χ3v) is 6.55. The Balaban J connectivity index is 1.65. The SMILES string of the molecule is CC[C@@H]1CCCCN1c1nc2c(c(=O)[nH]1)[C@@H](C(=O)Nc1ccc(Cl)c(Cl)c1)CC(=O)N2. The molecule has 1 aromatic carbocycles. The fourth-order valence-corrected chi connectivity index (χ4v) is 4.52. The normalized spacial score (nSPS) is 20.7. The van der Waals surface area contributed by atoms with Crippen molar-refractivity contribution >= 4 is 52.5 Å². The molecule has 0 spiro atoms. The van der Waals surface area contributed by atoms with Gasteiger partial charge in [0.15, 0.2) is 0 Å². The molecule has 1 saturated heterocycles. The minimum absolute atomic E-state index is 0.143. The number of H-pyrrole nitrogens is 1. The number of aromatic amines is 1. The summed E-state index contributed by atoms with van der Waals surface area (Å²) in [5, 5.41) is 6.02. The van der Waals surface area contributed by atoms with Gasteiger partial charge in [-0.05, 0) is 43.9 Å². The van der Waals surface area contributed by atoms with E-state index in [1.54, 1.807) is 12.1 Å². The van der Waals surface area contributed by atoms with Gasteiger partial charge in [0.1, 0.15) is 5.82 Å². The second-order valence-corrected chi connectivity index (χ2v) is 8.64. The molecule has 0 radical (unpaired) electrons. The lowest BCUT2D eigenvalue weighted by atomic mass is 9.92. The van der Waals surface area contributed by atoms with Gasteiger partial charge in [0.2, 0.25) is 17.8 Å². The highest BCUT2D eigenvalue weighted by molar-refractivity contribution is 6.42. The van der Waals surface area contributed by atoms with E-state index in [1.807, 2.05) is 0 Å². The van der Waals surface area contributed by atoms with Crippen LogP contribution in [0.1, 0.15) is 50.5 Å². The molecule has 164 valence electrons. The number of nitrogens with zero attached hydrogens (tertiary/aromatic N) is 2. The van der Waals surface area contributed by atoms with E-state index in [2.05, 4.69) is 32.4 Å². The number of nitrogens with one attached hydrogen (secondary N) is 3. The lowest BCUT2D eigenvalue weighted by Gasteiger charge is -2.36. The van der Waals surface area contributed by atoms with Crippen molar-refractivity contribution in [3.05, 3.63) is 44.2 Å². The van der Waals surface area contributed by atoms with Crippen LogP contribution in [-0.2, 0) is 9.59 Å². The molecule has 0 saturated carbocycles. The molecule has 4 rings (SSSR count). The molecule has 2 atom stereocenters. The van der Waals surface area contributed by atoms with Crippen LogP contribution in [0.25, 0.3) is 0 Å². The number of hydrogen-bond acceptors (Lipinski definition) is 5. The lowest BCUT2D eigenvalue weighted by Crippen LogP contribution is -2.43. The fourth-order valence-electron chi connectivity index (χ4n) is 4.23. The van der Waals surface area contributed by atoms with Crippen LogP contribution in [0.3, 0.4) is 0 Å². The number of benzene rings is 1. The van der Waals surface area contributed by atoms with Crippen molar-refractivity contribution in [3.8, 4) is 0 Å². The molecular weight excluding hydrogens is 441 g/mol. The van der Waals surface area contributed by atoms with Gasteiger partial charge in [-0.3, -0.25) is 19.4 Å². The maximum atomic E-state index is 13.0. The summed E-state index contributed by atoms with van der Waals surface area (Å²) in [5.41, 5.74) is 0.160. The minimum atomic E-state index is -0.966. The highest BCUT2D eigenvalue weighted by Crippen LogP contribution is 2.32. The number of fused-ring (bicyclic) bond motifs is 1. The maximum absolute atomic E-state index is 13.0. The molecule has 2 aliphatic rings. The van der Waals surface area contributed by atoms with Crippen molar-refractivity contribution < 1.29 is 9.59 Å². The smallest absolute Gasteiger partial charge is 0.258 e. The molecule has 31 heavy (non-hydrogen) atoms. The molecule has 1 aromatic heterocycles. The van der Waals surface area contributed by atoms with Crippen LogP contribution in [0.15, 0.2) is 23.0 Å². The van der Waals surface area contributed by atoms with E-state index >= 15 is 0 Å². The van der Waals surface area contributed by atoms with Crippen molar-refractivity contribution in [3.63, 3.8) is 0 Å². The molecule has 2 amide bonds. The first-order valence-corrected chi connectivity index (χ1v) is 11.1. The molecular formula is C21H23Cl2N5O3. The second-order valence-electron chi connectivity index (χ2n) is 7.83. The molecule has 3 heterocycles. The predicted molar refractivity (Wildman–Crippen MR) is 121 cm³/mol. The number of rotatable bonds is 4. The Morgan fingerprint density at radius 3 is 2.81 bits per heavy atom. The molecule has 0 aliphatic carbocycles. The lowest BCUT2D eigenvalue weighted by molar-refractivity contribution is -0.123. The summed E-state index contributed by atoms with van der Waals surface area (Å²) in [6.07, 6.45) is 3.96. The molecule has 0 bridgehead atoms. The van der Waals surface area contributed by atoms with Gasteiger partial charge in [0, 0.05) is 24.7 Å². The molecule has 1 fully saturated rings. The number of piperidine rings is 1. The van der Waals surface area contributed by atoms with Gasteiger partial charge in [-0.2, -0.15) is 4.98 Å². The summed E-state index contributed by atoms with van der Waals surface area (Å²) in [7, 11) is 0. The van der Waals surface area contributed by atoms with Gasteiger partial charge in [0.05, 0.1) is 21.5 Å². The monoisotopic (exact) mass is 463 g/mol. The van der Waals surface area contributed by atoms with Gasteiger partial charge in [-0.15, -0.1) is 0 Å². The van der Waals surface area contributed by atoms with Crippen LogP contribution in [0.2, 0.25) is 10.0 Å². The van der Waals surface area contributed by atoms with E-state index in [4.69, 9.17) is 23.2 Å². The van der Waals surface area contributed by atoms with E-state index in [9.17, 15) is 14.4 Å². The quantitative estimate of drug-likeness (QED) is 0.636. The van der Waals surface area contributed by atoms with Gasteiger partial charge >= 0.3 is 0 Å². The number of anilines is 3. The summed E-state index contributed by atoms with van der Waals surface area (Å²) in [5.74, 6) is -1.24. The highest BCUT2D eigenvalue weighted by atomic mass is 35.5. The standard InChI is InChI=1S/C21H23Cl2N5O3/c1-2-12-5-3-4-8-28(12)21-26-18-17(20(31)27-21)13(10-16(29)25-18)19(30)24-11-6-7-14(22)15(23)9-11/h6-7,9,12-13H,2-5,8,10H2,1H3,(H,24,30)(H2,25,26,27,29,31)/t12-,13+/m1/s1. The van der Waals surface area contributed by atoms with Gasteiger partial charge in [-0.25, -0.2) is 0 Å². The Bertz CT molecular complexity index is 1090. The first kappa shape index (κ1) is 21.6. The Hall–Kier alpha value is -2.58. The van der Waals surface area contributed by atoms with Crippen LogP contribution in [0, 0.1) is 0 Å². The van der Waals surface area contributed by atoms with Crippen LogP contribution in [-0.4, -0.2) is 34.4 Å². The largest absolute Gasteiger partial charge is 0.339 e. The zero-order valence-corrected chi connectivity index (χ0v) is 18.5. The molecule has 10 heteroatoms. The van der Waals surface area contributed by atoms with Crippen molar-refractivity contribution in [1.29, 1.82) is 0 Å². The highest BCUT2D eigenvalue weighted by Gasteiger charge is 2.35. The number of halogens is 2. The average Bonchev–Trinajstić information content (AvgIpc) is 2.75. The number of carbonyl (C=O) groups is 2.